The lowest BCUT2D eigenvalue weighted by Gasteiger charge is -2.18. The molecule has 8 heteroatoms. The number of benzene rings is 2. The van der Waals surface area contributed by atoms with Crippen LogP contribution in [-0.2, 0) is 9.84 Å². The molecule has 0 N–H and O–H groups in total. The van der Waals surface area contributed by atoms with Crippen molar-refractivity contribution in [2.24, 2.45) is 0 Å². The van der Waals surface area contributed by atoms with Crippen LogP contribution in [0.5, 0.6) is 0 Å². The van der Waals surface area contributed by atoms with Crippen LogP contribution in [0.25, 0.3) is 11.3 Å². The Morgan fingerprint density at radius 3 is 2.57 bits per heavy atom. The second kappa shape index (κ2) is 8.04. The molecular formula is C20H17FN2O3S2. The summed E-state index contributed by atoms with van der Waals surface area (Å²) < 4.78 is 36.6. The maximum absolute atomic E-state index is 13.5. The van der Waals surface area contributed by atoms with Crippen LogP contribution in [0.1, 0.15) is 10.4 Å². The summed E-state index contributed by atoms with van der Waals surface area (Å²) in [6.45, 7) is 3.89. The molecule has 0 aliphatic heterocycles. The van der Waals surface area contributed by atoms with Gasteiger partial charge in [-0.25, -0.2) is 17.8 Å². The first-order chi connectivity index (χ1) is 13.3. The van der Waals surface area contributed by atoms with Crippen molar-refractivity contribution in [3.8, 4) is 11.3 Å². The monoisotopic (exact) mass is 416 g/mol. The molecule has 2 aromatic carbocycles. The minimum absolute atomic E-state index is 0.218. The number of halogens is 1. The molecule has 5 nitrogen and oxygen atoms in total. The van der Waals surface area contributed by atoms with Gasteiger partial charge in [-0.2, -0.15) is 0 Å². The SMILES string of the molecule is C=CCN(C(=O)c1cccc(F)c1)c1nc(-c2ccc(S(C)(=O)=O)cc2)cs1. The van der Waals surface area contributed by atoms with E-state index in [2.05, 4.69) is 11.6 Å². The molecule has 1 heterocycles. The lowest BCUT2D eigenvalue weighted by Crippen LogP contribution is -2.31. The molecule has 0 unspecified atom stereocenters. The molecule has 0 radical (unpaired) electrons. The first kappa shape index (κ1) is 19.9. The third-order valence-corrected chi connectivity index (χ3v) is 5.92. The van der Waals surface area contributed by atoms with Crippen LogP contribution >= 0.6 is 11.3 Å². The Labute approximate surface area is 166 Å². The van der Waals surface area contributed by atoms with Crippen molar-refractivity contribution >= 4 is 32.2 Å². The predicted molar refractivity (Wildman–Crippen MR) is 109 cm³/mol. The van der Waals surface area contributed by atoms with Gasteiger partial charge in [0.2, 0.25) is 0 Å². The standard InChI is InChI=1S/C20H17FN2O3S2/c1-3-11-23(19(24)15-5-4-6-16(21)12-15)20-22-18(13-27-20)14-7-9-17(10-8-14)28(2,25)26/h3-10,12-13H,1,11H2,2H3. The fourth-order valence-electron chi connectivity index (χ4n) is 2.55. The van der Waals surface area contributed by atoms with E-state index in [0.717, 1.165) is 11.8 Å². The Morgan fingerprint density at radius 2 is 1.96 bits per heavy atom. The molecule has 144 valence electrons. The molecule has 1 amide bonds. The van der Waals surface area contributed by atoms with Gasteiger partial charge in [-0.05, 0) is 30.3 Å². The summed E-state index contributed by atoms with van der Waals surface area (Å²) in [5.41, 5.74) is 1.56. The van der Waals surface area contributed by atoms with Gasteiger partial charge in [-0.3, -0.25) is 9.69 Å². The van der Waals surface area contributed by atoms with Crippen LogP contribution in [0, 0.1) is 5.82 Å². The van der Waals surface area contributed by atoms with Crippen molar-refractivity contribution < 1.29 is 17.6 Å². The number of nitrogens with zero attached hydrogens (tertiary/aromatic N) is 2. The van der Waals surface area contributed by atoms with Crippen LogP contribution in [0.3, 0.4) is 0 Å². The van der Waals surface area contributed by atoms with Crippen molar-refractivity contribution in [1.82, 2.24) is 4.98 Å². The molecule has 0 saturated carbocycles. The first-order valence-corrected chi connectivity index (χ1v) is 11.0. The Hall–Kier alpha value is -2.84. The van der Waals surface area contributed by atoms with Crippen LogP contribution in [0.15, 0.2) is 71.5 Å². The maximum atomic E-state index is 13.5. The quantitative estimate of drug-likeness (QED) is 0.565. The van der Waals surface area contributed by atoms with Gasteiger partial charge < -0.3 is 0 Å². The van der Waals surface area contributed by atoms with Crippen molar-refractivity contribution in [2.45, 2.75) is 4.90 Å². The zero-order chi connectivity index (χ0) is 20.3. The van der Waals surface area contributed by atoms with E-state index in [0.29, 0.717) is 10.8 Å². The van der Waals surface area contributed by atoms with Crippen LogP contribution in [0.4, 0.5) is 9.52 Å². The lowest BCUT2D eigenvalue weighted by atomic mass is 10.2. The number of sulfone groups is 1. The van der Waals surface area contributed by atoms with E-state index in [4.69, 9.17) is 0 Å². The minimum Gasteiger partial charge on any atom is -0.280 e. The third kappa shape index (κ3) is 4.35. The van der Waals surface area contributed by atoms with Gasteiger partial charge in [0, 0.05) is 29.3 Å². The minimum atomic E-state index is -3.28. The van der Waals surface area contributed by atoms with E-state index in [-0.39, 0.29) is 22.9 Å². The van der Waals surface area contributed by atoms with Gasteiger partial charge in [0.15, 0.2) is 15.0 Å². The van der Waals surface area contributed by atoms with Gasteiger partial charge in [-0.1, -0.05) is 24.3 Å². The van der Waals surface area contributed by atoms with E-state index in [1.165, 1.54) is 46.6 Å². The van der Waals surface area contributed by atoms with Gasteiger partial charge >= 0.3 is 0 Å². The number of carbonyl (C=O) groups excluding carboxylic acids is 1. The Kier molecular flexibility index (Phi) is 5.71. The number of rotatable bonds is 6. The lowest BCUT2D eigenvalue weighted by molar-refractivity contribution is 0.0989. The van der Waals surface area contributed by atoms with Crippen molar-refractivity contribution in [1.29, 1.82) is 0 Å². The summed E-state index contributed by atoms with van der Waals surface area (Å²) in [7, 11) is -3.28. The molecule has 3 rings (SSSR count). The second-order valence-electron chi connectivity index (χ2n) is 6.03. The van der Waals surface area contributed by atoms with E-state index in [1.54, 1.807) is 29.7 Å². The summed E-state index contributed by atoms with van der Waals surface area (Å²) >= 11 is 1.26. The molecule has 0 spiro atoms. The normalized spacial score (nSPS) is 11.2. The molecule has 3 aromatic rings. The number of hydrogen-bond acceptors (Lipinski definition) is 5. The van der Waals surface area contributed by atoms with E-state index in [1.807, 2.05) is 0 Å². The van der Waals surface area contributed by atoms with Gasteiger partial charge in [-0.15, -0.1) is 17.9 Å². The first-order valence-electron chi connectivity index (χ1n) is 8.24. The second-order valence-corrected chi connectivity index (χ2v) is 8.88. The predicted octanol–water partition coefficient (Wildman–Crippen LogP) is 4.19. The summed E-state index contributed by atoms with van der Waals surface area (Å²) in [6.07, 6.45) is 2.72. The number of hydrogen-bond donors (Lipinski definition) is 0. The van der Waals surface area contributed by atoms with Crippen LogP contribution < -0.4 is 4.90 Å². The molecule has 1 aromatic heterocycles. The molecule has 0 aliphatic rings. The molecule has 28 heavy (non-hydrogen) atoms. The van der Waals surface area contributed by atoms with E-state index in [9.17, 15) is 17.6 Å². The fourth-order valence-corrected chi connectivity index (χ4v) is 4.02. The van der Waals surface area contributed by atoms with Crippen molar-refractivity contribution in [3.63, 3.8) is 0 Å². The number of aromatic nitrogens is 1. The average Bonchev–Trinajstić information content (AvgIpc) is 3.15. The topological polar surface area (TPSA) is 67.3 Å². The van der Waals surface area contributed by atoms with Gasteiger partial charge in [0.05, 0.1) is 10.6 Å². The number of carbonyl (C=O) groups is 1. The van der Waals surface area contributed by atoms with Gasteiger partial charge in [0.1, 0.15) is 5.82 Å². The Morgan fingerprint density at radius 1 is 1.25 bits per heavy atom. The zero-order valence-corrected chi connectivity index (χ0v) is 16.6. The largest absolute Gasteiger partial charge is 0.280 e. The van der Waals surface area contributed by atoms with Crippen LogP contribution in [-0.4, -0.2) is 32.1 Å². The van der Waals surface area contributed by atoms with Crippen molar-refractivity contribution in [2.75, 3.05) is 17.7 Å². The smallest absolute Gasteiger partial charge is 0.260 e. The summed E-state index contributed by atoms with van der Waals surface area (Å²) in [5, 5.41) is 2.22. The fraction of sp³-hybridized carbons (Fsp3) is 0.100. The third-order valence-electron chi connectivity index (χ3n) is 3.93. The average molecular weight is 416 g/mol. The number of amides is 1. The highest BCUT2D eigenvalue weighted by Gasteiger charge is 2.20. The van der Waals surface area contributed by atoms with E-state index >= 15 is 0 Å². The Bertz CT molecular complexity index is 1120. The molecule has 0 saturated heterocycles. The number of anilines is 1. The summed E-state index contributed by atoms with van der Waals surface area (Å²) in [4.78, 5) is 18.9. The Balaban J connectivity index is 1.91. The highest BCUT2D eigenvalue weighted by Crippen LogP contribution is 2.29. The molecule has 0 bridgehead atoms. The molecule has 0 aliphatic carbocycles. The molecule has 0 fully saturated rings. The van der Waals surface area contributed by atoms with Gasteiger partial charge in [0.25, 0.3) is 5.91 Å². The zero-order valence-electron chi connectivity index (χ0n) is 15.0. The maximum Gasteiger partial charge on any atom is 0.260 e. The summed E-state index contributed by atoms with van der Waals surface area (Å²) in [6, 6.07) is 11.8. The highest BCUT2D eigenvalue weighted by atomic mass is 32.2. The van der Waals surface area contributed by atoms with Crippen molar-refractivity contribution in [3.05, 3.63) is 77.9 Å². The molecule has 0 atom stereocenters. The molecular weight excluding hydrogens is 399 g/mol. The van der Waals surface area contributed by atoms with E-state index < -0.39 is 15.7 Å². The summed E-state index contributed by atoms with van der Waals surface area (Å²) in [5.74, 6) is -0.872. The highest BCUT2D eigenvalue weighted by molar-refractivity contribution is 7.90. The number of thiazole rings is 1. The van der Waals surface area contributed by atoms with Crippen LogP contribution in [0.2, 0.25) is 0 Å².